The van der Waals surface area contributed by atoms with Crippen molar-refractivity contribution in [3.8, 4) is 11.5 Å². The first-order valence-corrected chi connectivity index (χ1v) is 6.22. The van der Waals surface area contributed by atoms with Gasteiger partial charge < -0.3 is 19.8 Å². The molecule has 0 bridgehead atoms. The van der Waals surface area contributed by atoms with Crippen LogP contribution in [0.3, 0.4) is 0 Å². The predicted molar refractivity (Wildman–Crippen MR) is 72.7 cm³/mol. The predicted octanol–water partition coefficient (Wildman–Crippen LogP) is 1.74. The molecular formula is C14H21NO4. The van der Waals surface area contributed by atoms with Gasteiger partial charge >= 0.3 is 5.97 Å². The number of likely N-dealkylation sites (N-methyl/N-ethyl adjacent to an activating group) is 1. The van der Waals surface area contributed by atoms with Crippen LogP contribution in [0, 0.1) is 0 Å². The van der Waals surface area contributed by atoms with Crippen LogP contribution >= 0.6 is 0 Å². The van der Waals surface area contributed by atoms with Crippen molar-refractivity contribution in [3.63, 3.8) is 0 Å². The summed E-state index contributed by atoms with van der Waals surface area (Å²) < 4.78 is 5.07. The molecule has 5 nitrogen and oxygen atoms in total. The molecule has 19 heavy (non-hydrogen) atoms. The molecule has 1 aromatic rings. The number of rotatable bonds is 7. The average Bonchev–Trinajstić information content (AvgIpc) is 2.37. The van der Waals surface area contributed by atoms with E-state index in [9.17, 15) is 9.90 Å². The van der Waals surface area contributed by atoms with Gasteiger partial charge in [0, 0.05) is 12.6 Å². The van der Waals surface area contributed by atoms with Gasteiger partial charge in [-0.3, -0.25) is 4.79 Å². The van der Waals surface area contributed by atoms with Crippen molar-refractivity contribution in [1.29, 1.82) is 0 Å². The molecule has 0 saturated heterocycles. The minimum absolute atomic E-state index is 0.123. The largest absolute Gasteiger partial charge is 0.504 e. The molecule has 0 spiro atoms. The molecule has 0 aliphatic carbocycles. The van der Waals surface area contributed by atoms with Gasteiger partial charge in [-0.2, -0.15) is 0 Å². The Morgan fingerprint density at radius 1 is 1.47 bits per heavy atom. The Kier molecular flexibility index (Phi) is 5.63. The van der Waals surface area contributed by atoms with Crippen molar-refractivity contribution < 1.29 is 19.7 Å². The molecule has 2 N–H and O–H groups in total. The first kappa shape index (κ1) is 15.3. The van der Waals surface area contributed by atoms with E-state index >= 15 is 0 Å². The number of aromatic hydroxyl groups is 1. The lowest BCUT2D eigenvalue weighted by atomic mass is 10.1. The van der Waals surface area contributed by atoms with E-state index in [-0.39, 0.29) is 18.2 Å². The molecule has 1 rings (SSSR count). The third-order valence-electron chi connectivity index (χ3n) is 3.21. The van der Waals surface area contributed by atoms with Crippen LogP contribution in [0.25, 0.3) is 0 Å². The van der Waals surface area contributed by atoms with Crippen molar-refractivity contribution in [2.45, 2.75) is 25.8 Å². The quantitative estimate of drug-likeness (QED) is 0.787. The Labute approximate surface area is 113 Å². The fraction of sp³-hybridized carbons (Fsp3) is 0.500. The summed E-state index contributed by atoms with van der Waals surface area (Å²) in [6, 6.07) is 5.47. The van der Waals surface area contributed by atoms with E-state index in [0.717, 1.165) is 12.0 Å². The van der Waals surface area contributed by atoms with Gasteiger partial charge in [0.2, 0.25) is 0 Å². The molecule has 1 atom stereocenters. The number of hydrogen-bond acceptors (Lipinski definition) is 4. The maximum Gasteiger partial charge on any atom is 0.304 e. The molecule has 0 saturated carbocycles. The Morgan fingerprint density at radius 2 is 2.16 bits per heavy atom. The molecule has 0 aliphatic heterocycles. The SMILES string of the molecule is COc1cc(CC(C)N(C)CCC(=O)O)ccc1O. The number of methoxy groups -OCH3 is 1. The van der Waals surface area contributed by atoms with Gasteiger partial charge in [-0.15, -0.1) is 0 Å². The van der Waals surface area contributed by atoms with Gasteiger partial charge in [-0.1, -0.05) is 6.07 Å². The van der Waals surface area contributed by atoms with Gasteiger partial charge in [-0.05, 0) is 38.1 Å². The zero-order valence-corrected chi connectivity index (χ0v) is 11.6. The molecule has 0 fully saturated rings. The number of ether oxygens (including phenoxy) is 1. The van der Waals surface area contributed by atoms with E-state index < -0.39 is 5.97 Å². The van der Waals surface area contributed by atoms with E-state index in [2.05, 4.69) is 0 Å². The summed E-state index contributed by atoms with van der Waals surface area (Å²) in [6.07, 6.45) is 0.909. The Morgan fingerprint density at radius 3 is 2.74 bits per heavy atom. The lowest BCUT2D eigenvalue weighted by Gasteiger charge is -2.24. The smallest absolute Gasteiger partial charge is 0.304 e. The summed E-state index contributed by atoms with van der Waals surface area (Å²) in [5, 5.41) is 18.2. The summed E-state index contributed by atoms with van der Waals surface area (Å²) in [5.41, 5.74) is 1.05. The van der Waals surface area contributed by atoms with Crippen molar-refractivity contribution in [3.05, 3.63) is 23.8 Å². The van der Waals surface area contributed by atoms with Crippen LogP contribution in [-0.2, 0) is 11.2 Å². The second-order valence-electron chi connectivity index (χ2n) is 4.68. The summed E-state index contributed by atoms with van der Waals surface area (Å²) in [7, 11) is 3.42. The Bertz CT molecular complexity index is 433. The number of carboxylic acids is 1. The minimum Gasteiger partial charge on any atom is -0.504 e. The number of phenols is 1. The lowest BCUT2D eigenvalue weighted by Crippen LogP contribution is -2.32. The molecule has 1 aromatic carbocycles. The maximum absolute atomic E-state index is 10.5. The summed E-state index contributed by atoms with van der Waals surface area (Å²) in [4.78, 5) is 12.5. The van der Waals surface area contributed by atoms with Crippen LogP contribution in [0.1, 0.15) is 18.9 Å². The Balaban J connectivity index is 2.60. The molecular weight excluding hydrogens is 246 g/mol. The Hall–Kier alpha value is -1.75. The van der Waals surface area contributed by atoms with Crippen LogP contribution in [0.2, 0.25) is 0 Å². The molecule has 0 heterocycles. The van der Waals surface area contributed by atoms with Gasteiger partial charge in [-0.25, -0.2) is 0 Å². The average molecular weight is 267 g/mol. The van der Waals surface area contributed by atoms with Crippen LogP contribution in [0.15, 0.2) is 18.2 Å². The number of aliphatic carboxylic acids is 1. The van der Waals surface area contributed by atoms with E-state index in [1.165, 1.54) is 7.11 Å². The standard InChI is InChI=1S/C14H21NO4/c1-10(15(2)7-6-14(17)18)8-11-4-5-12(16)13(9-11)19-3/h4-5,9-10,16H,6-8H2,1-3H3,(H,17,18). The van der Waals surface area contributed by atoms with Crippen molar-refractivity contribution in [2.75, 3.05) is 20.7 Å². The highest BCUT2D eigenvalue weighted by Gasteiger charge is 2.12. The molecule has 0 aliphatic rings. The highest BCUT2D eigenvalue weighted by molar-refractivity contribution is 5.66. The fourth-order valence-corrected chi connectivity index (χ4v) is 1.84. The normalized spacial score (nSPS) is 12.4. The first-order chi connectivity index (χ1) is 8.93. The number of hydrogen-bond donors (Lipinski definition) is 2. The van der Waals surface area contributed by atoms with Gasteiger partial charge in [0.15, 0.2) is 11.5 Å². The second-order valence-corrected chi connectivity index (χ2v) is 4.68. The summed E-state index contributed by atoms with van der Waals surface area (Å²) >= 11 is 0. The van der Waals surface area contributed by atoms with Gasteiger partial charge in [0.05, 0.1) is 13.5 Å². The van der Waals surface area contributed by atoms with E-state index in [4.69, 9.17) is 9.84 Å². The van der Waals surface area contributed by atoms with Crippen LogP contribution in [0.5, 0.6) is 11.5 Å². The fourth-order valence-electron chi connectivity index (χ4n) is 1.84. The number of carbonyl (C=O) groups is 1. The molecule has 0 amide bonds. The minimum atomic E-state index is -0.787. The zero-order valence-electron chi connectivity index (χ0n) is 11.6. The number of nitrogens with zero attached hydrogens (tertiary/aromatic N) is 1. The molecule has 0 radical (unpaired) electrons. The monoisotopic (exact) mass is 267 g/mol. The van der Waals surface area contributed by atoms with E-state index in [0.29, 0.717) is 12.3 Å². The number of carboxylic acid groups (broad SMARTS) is 1. The third kappa shape index (κ3) is 4.79. The summed E-state index contributed by atoms with van der Waals surface area (Å²) in [5.74, 6) is -0.207. The third-order valence-corrected chi connectivity index (χ3v) is 3.21. The molecule has 0 aromatic heterocycles. The van der Waals surface area contributed by atoms with Crippen molar-refractivity contribution in [2.24, 2.45) is 0 Å². The second kappa shape index (κ2) is 6.99. The molecule has 106 valence electrons. The van der Waals surface area contributed by atoms with Crippen molar-refractivity contribution >= 4 is 5.97 Å². The highest BCUT2D eigenvalue weighted by Crippen LogP contribution is 2.27. The van der Waals surface area contributed by atoms with E-state index in [1.54, 1.807) is 12.1 Å². The summed E-state index contributed by atoms with van der Waals surface area (Å²) in [6.45, 7) is 2.56. The van der Waals surface area contributed by atoms with Crippen LogP contribution in [0.4, 0.5) is 0 Å². The van der Waals surface area contributed by atoms with Crippen LogP contribution in [-0.4, -0.2) is 47.8 Å². The first-order valence-electron chi connectivity index (χ1n) is 6.22. The van der Waals surface area contributed by atoms with Gasteiger partial charge in [0.1, 0.15) is 0 Å². The number of phenolic OH excluding ortho intramolecular Hbond substituents is 1. The van der Waals surface area contributed by atoms with E-state index in [1.807, 2.05) is 24.9 Å². The maximum atomic E-state index is 10.5. The highest BCUT2D eigenvalue weighted by atomic mass is 16.5. The lowest BCUT2D eigenvalue weighted by molar-refractivity contribution is -0.137. The van der Waals surface area contributed by atoms with Crippen LogP contribution < -0.4 is 4.74 Å². The van der Waals surface area contributed by atoms with Gasteiger partial charge in [0.25, 0.3) is 0 Å². The molecule has 1 unspecified atom stereocenters. The zero-order chi connectivity index (χ0) is 14.4. The van der Waals surface area contributed by atoms with Crippen molar-refractivity contribution in [1.82, 2.24) is 4.90 Å². The number of benzene rings is 1. The molecule has 5 heteroatoms. The topological polar surface area (TPSA) is 70.0 Å².